The highest BCUT2D eigenvalue weighted by Gasteiger charge is 2.40. The lowest BCUT2D eigenvalue weighted by Crippen LogP contribution is -2.23. The van der Waals surface area contributed by atoms with E-state index in [9.17, 15) is 0 Å². The Bertz CT molecular complexity index is 473. The number of nitrogens with one attached hydrogen (secondary N) is 1. The first kappa shape index (κ1) is 14.6. The minimum Gasteiger partial charge on any atom is -0.313 e. The van der Waals surface area contributed by atoms with Crippen LogP contribution in [0.15, 0.2) is 16.6 Å². The molecule has 2 bridgehead atoms. The first-order valence-electron chi connectivity index (χ1n) is 8.02. The molecule has 2 aliphatic rings. The summed E-state index contributed by atoms with van der Waals surface area (Å²) in [6.07, 6.45) is 7.31. The van der Waals surface area contributed by atoms with Crippen LogP contribution in [0.1, 0.15) is 54.8 Å². The summed E-state index contributed by atoms with van der Waals surface area (Å²) in [4.78, 5) is 0. The molecule has 2 aliphatic carbocycles. The van der Waals surface area contributed by atoms with Crippen LogP contribution in [0.4, 0.5) is 0 Å². The first-order valence-corrected chi connectivity index (χ1v) is 8.81. The fourth-order valence-corrected chi connectivity index (χ4v) is 4.80. The molecular weight excluding hydrogens is 310 g/mol. The van der Waals surface area contributed by atoms with Gasteiger partial charge in [-0.15, -0.1) is 0 Å². The average molecular weight is 336 g/mol. The quantitative estimate of drug-likeness (QED) is 0.801. The summed E-state index contributed by atoms with van der Waals surface area (Å²) in [5.74, 6) is 3.03. The van der Waals surface area contributed by atoms with Crippen molar-refractivity contribution in [2.24, 2.45) is 17.8 Å². The maximum absolute atomic E-state index is 3.68. The molecule has 2 saturated carbocycles. The van der Waals surface area contributed by atoms with Gasteiger partial charge in [0, 0.05) is 10.5 Å². The molecular formula is C18H26BrN. The van der Waals surface area contributed by atoms with Gasteiger partial charge in [0.25, 0.3) is 0 Å². The number of fused-ring (bicyclic) bond motifs is 2. The highest BCUT2D eigenvalue weighted by molar-refractivity contribution is 9.10. The van der Waals surface area contributed by atoms with Crippen molar-refractivity contribution in [2.45, 2.75) is 52.0 Å². The van der Waals surface area contributed by atoms with Gasteiger partial charge in [0.05, 0.1) is 0 Å². The maximum Gasteiger partial charge on any atom is 0.0320 e. The van der Waals surface area contributed by atoms with E-state index in [1.165, 1.54) is 53.3 Å². The summed E-state index contributed by atoms with van der Waals surface area (Å²) >= 11 is 3.68. The Balaban J connectivity index is 1.76. The largest absolute Gasteiger partial charge is 0.313 e. The second-order valence-corrected chi connectivity index (χ2v) is 7.77. The average Bonchev–Trinajstić information content (AvgIpc) is 3.04. The molecule has 1 aromatic rings. The molecule has 3 rings (SSSR count). The van der Waals surface area contributed by atoms with E-state index in [4.69, 9.17) is 0 Å². The minimum atomic E-state index is 0.518. The normalized spacial score (nSPS) is 29.9. The number of hydrogen-bond donors (Lipinski definition) is 1. The van der Waals surface area contributed by atoms with Gasteiger partial charge in [0.2, 0.25) is 0 Å². The molecule has 0 amide bonds. The predicted molar refractivity (Wildman–Crippen MR) is 89.0 cm³/mol. The third kappa shape index (κ3) is 2.69. The van der Waals surface area contributed by atoms with Gasteiger partial charge >= 0.3 is 0 Å². The highest BCUT2D eigenvalue weighted by atomic mass is 79.9. The van der Waals surface area contributed by atoms with Crippen LogP contribution in [0.3, 0.4) is 0 Å². The third-order valence-corrected chi connectivity index (χ3v) is 6.88. The molecule has 0 spiro atoms. The summed E-state index contributed by atoms with van der Waals surface area (Å²) in [6.45, 7) is 4.40. The lowest BCUT2D eigenvalue weighted by molar-refractivity contribution is 0.284. The molecule has 0 aliphatic heterocycles. The molecule has 0 heterocycles. The van der Waals surface area contributed by atoms with Crippen molar-refractivity contribution >= 4 is 15.9 Å². The third-order valence-electron chi connectivity index (χ3n) is 5.63. The van der Waals surface area contributed by atoms with E-state index < -0.39 is 0 Å². The number of rotatable bonds is 4. The zero-order valence-corrected chi connectivity index (χ0v) is 14.5. The fourth-order valence-electron chi connectivity index (χ4n) is 4.57. The lowest BCUT2D eigenvalue weighted by Gasteiger charge is -2.27. The number of aryl methyl sites for hydroxylation is 2. The molecule has 110 valence electrons. The van der Waals surface area contributed by atoms with Crippen molar-refractivity contribution in [3.05, 3.63) is 33.3 Å². The van der Waals surface area contributed by atoms with Gasteiger partial charge < -0.3 is 5.32 Å². The van der Waals surface area contributed by atoms with Gasteiger partial charge in [-0.05, 0) is 81.0 Å². The van der Waals surface area contributed by atoms with Crippen LogP contribution < -0.4 is 5.32 Å². The molecule has 2 heteroatoms. The van der Waals surface area contributed by atoms with Crippen LogP contribution in [0.2, 0.25) is 0 Å². The van der Waals surface area contributed by atoms with Gasteiger partial charge in [0.1, 0.15) is 0 Å². The van der Waals surface area contributed by atoms with Crippen LogP contribution in [0, 0.1) is 31.6 Å². The van der Waals surface area contributed by atoms with E-state index in [-0.39, 0.29) is 0 Å². The first-order chi connectivity index (χ1) is 9.58. The Hall–Kier alpha value is -0.340. The molecule has 0 aromatic heterocycles. The van der Waals surface area contributed by atoms with E-state index in [1.54, 1.807) is 0 Å². The van der Waals surface area contributed by atoms with Crippen LogP contribution in [-0.2, 0) is 0 Å². The zero-order chi connectivity index (χ0) is 14.3. The van der Waals surface area contributed by atoms with Gasteiger partial charge in [-0.1, -0.05) is 34.5 Å². The molecule has 1 N–H and O–H groups in total. The summed E-state index contributed by atoms with van der Waals surface area (Å²) in [6, 6.07) is 5.22. The second kappa shape index (κ2) is 5.81. The van der Waals surface area contributed by atoms with Gasteiger partial charge in [-0.25, -0.2) is 0 Å². The molecule has 2 fully saturated rings. The maximum atomic E-state index is 3.68. The Morgan fingerprint density at radius 1 is 1.20 bits per heavy atom. The number of hydrogen-bond acceptors (Lipinski definition) is 1. The molecule has 4 unspecified atom stereocenters. The van der Waals surface area contributed by atoms with Crippen molar-refractivity contribution < 1.29 is 0 Å². The summed E-state index contributed by atoms with van der Waals surface area (Å²) in [5, 5.41) is 3.56. The minimum absolute atomic E-state index is 0.518. The topological polar surface area (TPSA) is 12.0 Å². The Morgan fingerprint density at radius 2 is 1.90 bits per heavy atom. The lowest BCUT2D eigenvalue weighted by atomic mass is 9.82. The predicted octanol–water partition coefficient (Wildman–Crippen LogP) is 5.15. The molecule has 1 nitrogen and oxygen atoms in total. The van der Waals surface area contributed by atoms with Crippen LogP contribution in [0.5, 0.6) is 0 Å². The van der Waals surface area contributed by atoms with Crippen molar-refractivity contribution in [2.75, 3.05) is 7.05 Å². The van der Waals surface area contributed by atoms with Gasteiger partial charge in [0.15, 0.2) is 0 Å². The van der Waals surface area contributed by atoms with Crippen molar-refractivity contribution in [1.82, 2.24) is 5.32 Å². The fraction of sp³-hybridized carbons (Fsp3) is 0.667. The Morgan fingerprint density at radius 3 is 2.40 bits per heavy atom. The van der Waals surface area contributed by atoms with E-state index >= 15 is 0 Å². The molecule has 20 heavy (non-hydrogen) atoms. The summed E-state index contributed by atoms with van der Waals surface area (Å²) in [5.41, 5.74) is 4.18. The van der Waals surface area contributed by atoms with E-state index in [0.717, 1.165) is 17.8 Å². The van der Waals surface area contributed by atoms with Gasteiger partial charge in [-0.2, -0.15) is 0 Å². The monoisotopic (exact) mass is 335 g/mol. The van der Waals surface area contributed by atoms with Crippen LogP contribution in [-0.4, -0.2) is 7.05 Å². The molecule has 1 aromatic carbocycles. The molecule has 0 radical (unpaired) electrons. The van der Waals surface area contributed by atoms with Crippen LogP contribution in [0.25, 0.3) is 0 Å². The summed E-state index contributed by atoms with van der Waals surface area (Å²) < 4.78 is 1.26. The molecule has 4 atom stereocenters. The zero-order valence-electron chi connectivity index (χ0n) is 12.9. The highest BCUT2D eigenvalue weighted by Crippen LogP contribution is 2.51. The van der Waals surface area contributed by atoms with Crippen molar-refractivity contribution in [1.29, 1.82) is 0 Å². The van der Waals surface area contributed by atoms with E-state index in [1.807, 2.05) is 0 Å². The second-order valence-electron chi connectivity index (χ2n) is 6.98. The number of halogens is 1. The summed E-state index contributed by atoms with van der Waals surface area (Å²) in [7, 11) is 2.12. The Labute approximate surface area is 131 Å². The van der Waals surface area contributed by atoms with Crippen molar-refractivity contribution in [3.63, 3.8) is 0 Å². The molecule has 0 saturated heterocycles. The van der Waals surface area contributed by atoms with Crippen molar-refractivity contribution in [3.8, 4) is 0 Å². The smallest absolute Gasteiger partial charge is 0.0320 e. The van der Waals surface area contributed by atoms with Crippen LogP contribution >= 0.6 is 15.9 Å². The standard InChI is InChI=1S/C18H26BrN/c1-11-6-16(7-12(2)18(11)19)17(20-3)10-15-9-13-4-5-14(15)8-13/h6-7,13-15,17,20H,4-5,8-10H2,1-3H3. The van der Waals surface area contributed by atoms with E-state index in [2.05, 4.69) is 54.3 Å². The Kier molecular flexibility index (Phi) is 4.24. The SMILES string of the molecule is CNC(CC1CC2CCC1C2)c1cc(C)c(Br)c(C)c1. The van der Waals surface area contributed by atoms with E-state index in [0.29, 0.717) is 6.04 Å². The number of benzene rings is 1. The van der Waals surface area contributed by atoms with Gasteiger partial charge in [-0.3, -0.25) is 0 Å².